The van der Waals surface area contributed by atoms with Crippen LogP contribution in [0.15, 0.2) is 41.3 Å². The number of halogens is 1. The first kappa shape index (κ1) is 23.7. The SMILES string of the molecule is Cc1ccc(F)cc1NC(=O)COC(=O)c1cc(S(=O)(=O)N(C)C)ccc1N1CCCC1. The van der Waals surface area contributed by atoms with Crippen LogP contribution in [0.1, 0.15) is 28.8 Å². The quantitative estimate of drug-likeness (QED) is 0.635. The highest BCUT2D eigenvalue weighted by Crippen LogP contribution is 2.28. The van der Waals surface area contributed by atoms with Gasteiger partial charge in [-0.3, -0.25) is 4.79 Å². The molecule has 10 heteroatoms. The summed E-state index contributed by atoms with van der Waals surface area (Å²) in [5.41, 5.74) is 1.57. The fraction of sp³-hybridized carbons (Fsp3) is 0.364. The molecule has 1 fully saturated rings. The van der Waals surface area contributed by atoms with E-state index < -0.39 is 34.3 Å². The van der Waals surface area contributed by atoms with Crippen LogP contribution in [0.2, 0.25) is 0 Å². The topological polar surface area (TPSA) is 96.0 Å². The van der Waals surface area contributed by atoms with Gasteiger partial charge in [-0.1, -0.05) is 6.07 Å². The standard InChI is InChI=1S/C22H26FN3O5S/c1-15-6-7-16(23)12-19(15)24-21(27)14-31-22(28)18-13-17(32(29,30)25(2)3)8-9-20(18)26-10-4-5-11-26/h6-9,12-13H,4-5,10-11,14H2,1-3H3,(H,24,27). The van der Waals surface area contributed by atoms with Crippen LogP contribution in [0.3, 0.4) is 0 Å². The van der Waals surface area contributed by atoms with Crippen molar-refractivity contribution in [3.8, 4) is 0 Å². The van der Waals surface area contributed by atoms with E-state index in [0.29, 0.717) is 11.3 Å². The lowest BCUT2D eigenvalue weighted by atomic mass is 10.1. The number of carbonyl (C=O) groups excluding carboxylic acids is 2. The number of nitrogens with one attached hydrogen (secondary N) is 1. The van der Waals surface area contributed by atoms with Crippen molar-refractivity contribution in [2.75, 3.05) is 44.0 Å². The number of rotatable bonds is 7. The smallest absolute Gasteiger partial charge is 0.340 e. The summed E-state index contributed by atoms with van der Waals surface area (Å²) in [7, 11) is -0.955. The molecule has 1 aliphatic heterocycles. The molecule has 2 aromatic carbocycles. The number of carbonyl (C=O) groups is 2. The first-order valence-electron chi connectivity index (χ1n) is 10.1. The summed E-state index contributed by atoms with van der Waals surface area (Å²) in [4.78, 5) is 27.0. The normalized spacial score (nSPS) is 14.0. The minimum absolute atomic E-state index is 0.0442. The monoisotopic (exact) mass is 463 g/mol. The molecule has 0 atom stereocenters. The summed E-state index contributed by atoms with van der Waals surface area (Å²) >= 11 is 0. The maximum absolute atomic E-state index is 13.4. The average molecular weight is 464 g/mol. The molecule has 1 N–H and O–H groups in total. The second-order valence-electron chi connectivity index (χ2n) is 7.74. The molecular formula is C22H26FN3O5S. The van der Waals surface area contributed by atoms with Crippen molar-refractivity contribution in [3.05, 3.63) is 53.3 Å². The van der Waals surface area contributed by atoms with Crippen LogP contribution in [0.4, 0.5) is 15.8 Å². The van der Waals surface area contributed by atoms with Crippen LogP contribution in [-0.4, -0.2) is 58.4 Å². The van der Waals surface area contributed by atoms with Crippen LogP contribution in [-0.2, 0) is 19.6 Å². The summed E-state index contributed by atoms with van der Waals surface area (Å²) in [6.07, 6.45) is 1.92. The lowest BCUT2D eigenvalue weighted by molar-refractivity contribution is -0.119. The van der Waals surface area contributed by atoms with Gasteiger partial charge in [-0.15, -0.1) is 0 Å². The highest BCUT2D eigenvalue weighted by molar-refractivity contribution is 7.89. The van der Waals surface area contributed by atoms with Gasteiger partial charge in [-0.05, 0) is 55.7 Å². The number of ether oxygens (including phenoxy) is 1. The number of benzene rings is 2. The number of nitrogens with zero attached hydrogens (tertiary/aromatic N) is 2. The number of hydrogen-bond donors (Lipinski definition) is 1. The Balaban J connectivity index is 1.80. The van der Waals surface area contributed by atoms with Crippen molar-refractivity contribution in [3.63, 3.8) is 0 Å². The predicted octanol–water partition coefficient (Wildman–Crippen LogP) is 2.78. The number of amides is 1. The number of aryl methyl sites for hydroxylation is 1. The third-order valence-electron chi connectivity index (χ3n) is 5.22. The molecule has 0 unspecified atom stereocenters. The van der Waals surface area contributed by atoms with E-state index in [9.17, 15) is 22.4 Å². The molecule has 0 aliphatic carbocycles. The zero-order valence-electron chi connectivity index (χ0n) is 18.2. The van der Waals surface area contributed by atoms with Crippen LogP contribution in [0.25, 0.3) is 0 Å². The van der Waals surface area contributed by atoms with Crippen LogP contribution < -0.4 is 10.2 Å². The zero-order valence-corrected chi connectivity index (χ0v) is 19.0. The van der Waals surface area contributed by atoms with Crippen molar-refractivity contribution in [1.29, 1.82) is 0 Å². The Hall–Kier alpha value is -2.98. The lowest BCUT2D eigenvalue weighted by Gasteiger charge is -2.22. The summed E-state index contributed by atoms with van der Waals surface area (Å²) in [6, 6.07) is 8.30. The van der Waals surface area contributed by atoms with Crippen LogP contribution in [0.5, 0.6) is 0 Å². The first-order valence-corrected chi connectivity index (χ1v) is 11.6. The van der Waals surface area contributed by atoms with E-state index in [2.05, 4.69) is 5.32 Å². The van der Waals surface area contributed by atoms with Crippen LogP contribution in [0, 0.1) is 12.7 Å². The molecular weight excluding hydrogens is 437 g/mol. The van der Waals surface area contributed by atoms with Crippen molar-refractivity contribution in [2.24, 2.45) is 0 Å². The van der Waals surface area contributed by atoms with Crippen molar-refractivity contribution in [1.82, 2.24) is 4.31 Å². The van der Waals surface area contributed by atoms with E-state index in [-0.39, 0.29) is 16.1 Å². The number of sulfonamides is 1. The van der Waals surface area contributed by atoms with Gasteiger partial charge in [0.1, 0.15) is 5.82 Å². The molecule has 1 saturated heterocycles. The van der Waals surface area contributed by atoms with Gasteiger partial charge in [0.25, 0.3) is 5.91 Å². The largest absolute Gasteiger partial charge is 0.452 e. The van der Waals surface area contributed by atoms with Gasteiger partial charge < -0.3 is 15.0 Å². The van der Waals surface area contributed by atoms with Gasteiger partial charge in [-0.25, -0.2) is 21.9 Å². The highest BCUT2D eigenvalue weighted by Gasteiger charge is 2.25. The Morgan fingerprint density at radius 3 is 2.47 bits per heavy atom. The maximum Gasteiger partial charge on any atom is 0.340 e. The van der Waals surface area contributed by atoms with Gasteiger partial charge in [0, 0.05) is 32.9 Å². The molecule has 1 aliphatic rings. The van der Waals surface area contributed by atoms with Crippen LogP contribution >= 0.6 is 0 Å². The van der Waals surface area contributed by atoms with Gasteiger partial charge in [0.15, 0.2) is 6.61 Å². The van der Waals surface area contributed by atoms with Gasteiger partial charge in [0.05, 0.1) is 16.1 Å². The van der Waals surface area contributed by atoms with E-state index in [1.165, 1.54) is 44.4 Å². The summed E-state index contributed by atoms with van der Waals surface area (Å²) in [6.45, 7) is 2.58. The summed E-state index contributed by atoms with van der Waals surface area (Å²) < 4.78 is 44.7. The Morgan fingerprint density at radius 2 is 1.81 bits per heavy atom. The van der Waals surface area contributed by atoms with Crippen molar-refractivity contribution in [2.45, 2.75) is 24.7 Å². The van der Waals surface area contributed by atoms with E-state index >= 15 is 0 Å². The second kappa shape index (κ2) is 9.66. The molecule has 0 aromatic heterocycles. The lowest BCUT2D eigenvalue weighted by Crippen LogP contribution is -2.26. The molecule has 1 amide bonds. The minimum Gasteiger partial charge on any atom is -0.452 e. The zero-order chi connectivity index (χ0) is 23.5. The minimum atomic E-state index is -3.76. The molecule has 32 heavy (non-hydrogen) atoms. The number of anilines is 2. The second-order valence-corrected chi connectivity index (χ2v) is 9.90. The Bertz CT molecular complexity index is 1130. The van der Waals surface area contributed by atoms with E-state index in [1.54, 1.807) is 13.0 Å². The molecule has 0 spiro atoms. The van der Waals surface area contributed by atoms with Gasteiger partial charge in [0.2, 0.25) is 10.0 Å². The molecule has 0 saturated carbocycles. The third kappa shape index (κ3) is 5.25. The molecule has 1 heterocycles. The van der Waals surface area contributed by atoms with E-state index in [4.69, 9.17) is 4.74 Å². The maximum atomic E-state index is 13.4. The first-order chi connectivity index (χ1) is 15.1. The van der Waals surface area contributed by atoms with E-state index in [1.807, 2.05) is 4.90 Å². The van der Waals surface area contributed by atoms with Gasteiger partial charge >= 0.3 is 5.97 Å². The summed E-state index contributed by atoms with van der Waals surface area (Å²) in [5, 5.41) is 2.51. The molecule has 0 bridgehead atoms. The highest BCUT2D eigenvalue weighted by atomic mass is 32.2. The Labute approximate surface area is 187 Å². The summed E-state index contributed by atoms with van der Waals surface area (Å²) in [5.74, 6) is -1.95. The fourth-order valence-electron chi connectivity index (χ4n) is 3.41. The molecule has 172 valence electrons. The molecule has 0 radical (unpaired) electrons. The van der Waals surface area contributed by atoms with Crippen molar-refractivity contribution >= 4 is 33.3 Å². The molecule has 3 rings (SSSR count). The number of hydrogen-bond acceptors (Lipinski definition) is 6. The fourth-order valence-corrected chi connectivity index (χ4v) is 4.34. The average Bonchev–Trinajstić information content (AvgIpc) is 3.28. The Morgan fingerprint density at radius 1 is 1.12 bits per heavy atom. The molecule has 2 aromatic rings. The molecule has 8 nitrogen and oxygen atoms in total. The predicted molar refractivity (Wildman–Crippen MR) is 119 cm³/mol. The van der Waals surface area contributed by atoms with Crippen molar-refractivity contribution < 1.29 is 27.1 Å². The number of esters is 1. The third-order valence-corrected chi connectivity index (χ3v) is 7.03. The van der Waals surface area contributed by atoms with E-state index in [0.717, 1.165) is 30.2 Å². The Kier molecular flexibility index (Phi) is 7.15. The van der Waals surface area contributed by atoms with Gasteiger partial charge in [-0.2, -0.15) is 0 Å².